The van der Waals surface area contributed by atoms with E-state index in [1.807, 2.05) is 59.7 Å². The molecule has 2 aromatic carbocycles. The average molecular weight is 457 g/mol. The van der Waals surface area contributed by atoms with E-state index in [0.717, 1.165) is 37.0 Å². The molecule has 0 N–H and O–H groups in total. The topological polar surface area (TPSA) is 40.6 Å². The predicted octanol–water partition coefficient (Wildman–Crippen LogP) is 5.71. The van der Waals surface area contributed by atoms with Crippen LogP contribution in [0.1, 0.15) is 65.0 Å². The highest BCUT2D eigenvalue weighted by atomic mass is 32.2. The van der Waals surface area contributed by atoms with Gasteiger partial charge in [0.05, 0.1) is 10.4 Å². The second-order valence-electron chi connectivity index (χ2n) is 9.07. The molecule has 4 nitrogen and oxygen atoms in total. The van der Waals surface area contributed by atoms with Gasteiger partial charge < -0.3 is 4.90 Å². The lowest BCUT2D eigenvalue weighted by Gasteiger charge is -2.40. The fraction of sp³-hybridized carbons (Fsp3) is 0.556. The monoisotopic (exact) mass is 456 g/mol. The summed E-state index contributed by atoms with van der Waals surface area (Å²) >= 11 is 0. The maximum atomic E-state index is 13.1. The number of hydrogen-bond donors (Lipinski definition) is 0. The Hall–Kier alpha value is -1.69. The van der Waals surface area contributed by atoms with Crippen LogP contribution < -0.4 is 0 Å². The largest absolute Gasteiger partial charge is 0.301 e. The van der Waals surface area contributed by atoms with E-state index in [-0.39, 0.29) is 0 Å². The Balaban J connectivity index is 0.000000686. The summed E-state index contributed by atoms with van der Waals surface area (Å²) in [5.41, 5.74) is 1.89. The van der Waals surface area contributed by atoms with E-state index >= 15 is 0 Å². The van der Waals surface area contributed by atoms with Gasteiger partial charge >= 0.3 is 0 Å². The van der Waals surface area contributed by atoms with Crippen LogP contribution >= 0.6 is 0 Å². The van der Waals surface area contributed by atoms with Crippen LogP contribution in [0.15, 0.2) is 59.5 Å². The zero-order valence-corrected chi connectivity index (χ0v) is 21.4. The Morgan fingerprint density at radius 1 is 0.875 bits per heavy atom. The Kier molecular flexibility index (Phi) is 7.85. The highest BCUT2D eigenvalue weighted by molar-refractivity contribution is 7.89. The molecular formula is C27H40N2O2S. The maximum absolute atomic E-state index is 13.1. The van der Waals surface area contributed by atoms with Crippen molar-refractivity contribution in [2.45, 2.75) is 64.3 Å². The van der Waals surface area contributed by atoms with E-state index < -0.39 is 15.6 Å². The van der Waals surface area contributed by atoms with Crippen molar-refractivity contribution in [3.63, 3.8) is 0 Å². The summed E-state index contributed by atoms with van der Waals surface area (Å²) in [5, 5.41) is 0. The number of sulfonamides is 1. The minimum atomic E-state index is -3.40. The second kappa shape index (κ2) is 10.1. The third-order valence-electron chi connectivity index (χ3n) is 7.23. The summed E-state index contributed by atoms with van der Waals surface area (Å²) in [6, 6.07) is 18.3. The summed E-state index contributed by atoms with van der Waals surface area (Å²) < 4.78 is 27.9. The molecule has 0 bridgehead atoms. The van der Waals surface area contributed by atoms with Crippen LogP contribution in [0.3, 0.4) is 0 Å². The van der Waals surface area contributed by atoms with Crippen molar-refractivity contribution in [2.75, 3.05) is 26.2 Å². The summed E-state index contributed by atoms with van der Waals surface area (Å²) in [4.78, 5) is 2.96. The number of likely N-dealkylation sites (tertiary alicyclic amines) is 1. The van der Waals surface area contributed by atoms with Crippen molar-refractivity contribution in [2.24, 2.45) is 11.8 Å². The Bertz CT molecular complexity index is 988. The third-order valence-corrected chi connectivity index (χ3v) is 9.36. The summed E-state index contributed by atoms with van der Waals surface area (Å²) in [5.74, 6) is 2.17. The van der Waals surface area contributed by atoms with Gasteiger partial charge in [0.15, 0.2) is 0 Å². The predicted molar refractivity (Wildman–Crippen MR) is 133 cm³/mol. The van der Waals surface area contributed by atoms with Gasteiger partial charge in [0.1, 0.15) is 0 Å². The van der Waals surface area contributed by atoms with Gasteiger partial charge in [-0.05, 0) is 55.2 Å². The van der Waals surface area contributed by atoms with Crippen molar-refractivity contribution in [3.8, 4) is 0 Å². The Morgan fingerprint density at radius 2 is 1.50 bits per heavy atom. The number of fused-ring (bicyclic) bond motifs is 2. The van der Waals surface area contributed by atoms with Crippen molar-refractivity contribution >= 4 is 10.0 Å². The molecule has 2 aromatic rings. The van der Waals surface area contributed by atoms with Gasteiger partial charge in [-0.25, -0.2) is 8.42 Å². The molecule has 176 valence electrons. The summed E-state index contributed by atoms with van der Waals surface area (Å²) in [6.45, 7) is 15.6. The van der Waals surface area contributed by atoms with Crippen molar-refractivity contribution in [1.29, 1.82) is 0 Å². The van der Waals surface area contributed by atoms with Crippen LogP contribution in [0.25, 0.3) is 0 Å². The van der Waals surface area contributed by atoms with Crippen LogP contribution in [0.4, 0.5) is 0 Å². The van der Waals surface area contributed by atoms with E-state index in [9.17, 15) is 8.42 Å². The molecule has 2 aliphatic heterocycles. The molecule has 1 saturated heterocycles. The lowest BCUT2D eigenvalue weighted by Crippen LogP contribution is -2.43. The molecule has 2 fully saturated rings. The molecule has 0 amide bonds. The molecule has 0 spiro atoms. The van der Waals surface area contributed by atoms with Crippen molar-refractivity contribution in [3.05, 3.63) is 65.7 Å². The second-order valence-corrected chi connectivity index (χ2v) is 10.9. The van der Waals surface area contributed by atoms with Crippen LogP contribution in [0, 0.1) is 11.8 Å². The highest BCUT2D eigenvalue weighted by Gasteiger charge is 2.50. The van der Waals surface area contributed by atoms with Gasteiger partial charge in [-0.2, -0.15) is 4.31 Å². The molecule has 32 heavy (non-hydrogen) atoms. The minimum absolute atomic E-state index is 0.477. The van der Waals surface area contributed by atoms with Crippen LogP contribution in [-0.4, -0.2) is 43.8 Å². The molecule has 3 atom stereocenters. The minimum Gasteiger partial charge on any atom is -0.301 e. The lowest BCUT2D eigenvalue weighted by atomic mass is 9.64. The van der Waals surface area contributed by atoms with Crippen molar-refractivity contribution < 1.29 is 8.42 Å². The number of nitrogens with zero attached hydrogens (tertiary/aromatic N) is 2. The van der Waals surface area contributed by atoms with E-state index in [1.54, 1.807) is 10.4 Å². The SMILES string of the molecule is CC.CC.CC1(C)c2ccccc2S(=O)(=O)N1CCN1C[C@H]2C[C@H](c3ccccc3)[C@H]2C1. The fourth-order valence-corrected chi connectivity index (χ4v) is 7.75. The standard InChI is InChI=1S/C23H28N2O2S.2C2H6/c1-23(2)21-10-6-7-11-22(21)28(26,27)25(23)13-12-24-15-18-14-19(20(18)16-24)17-8-4-3-5-9-17;2*1-2/h3-11,18-20H,12-16H2,1-2H3;2*1-2H3/t18-,19-,20+;;/m1../s1. The van der Waals surface area contributed by atoms with Gasteiger partial charge in [-0.15, -0.1) is 0 Å². The molecule has 2 heterocycles. The van der Waals surface area contributed by atoms with E-state index in [2.05, 4.69) is 35.2 Å². The van der Waals surface area contributed by atoms with E-state index in [0.29, 0.717) is 17.4 Å². The molecule has 1 saturated carbocycles. The molecule has 0 unspecified atom stereocenters. The van der Waals surface area contributed by atoms with Gasteiger partial charge in [0, 0.05) is 26.2 Å². The van der Waals surface area contributed by atoms with E-state index in [1.165, 1.54) is 12.0 Å². The smallest absolute Gasteiger partial charge is 0.244 e. The molecule has 0 aromatic heterocycles. The van der Waals surface area contributed by atoms with Gasteiger partial charge in [0.25, 0.3) is 0 Å². The Morgan fingerprint density at radius 3 is 2.16 bits per heavy atom. The normalized spacial score (nSPS) is 27.1. The first-order valence-corrected chi connectivity index (χ1v) is 13.7. The molecule has 0 radical (unpaired) electrons. The van der Waals surface area contributed by atoms with Gasteiger partial charge in [-0.3, -0.25) is 0 Å². The zero-order valence-electron chi connectivity index (χ0n) is 20.6. The first kappa shape index (κ1) is 24.9. The average Bonchev–Trinajstić information content (AvgIpc) is 3.20. The fourth-order valence-electron chi connectivity index (χ4n) is 5.65. The van der Waals surface area contributed by atoms with Crippen LogP contribution in [-0.2, 0) is 15.6 Å². The summed E-state index contributed by atoms with van der Waals surface area (Å²) in [6.07, 6.45) is 1.27. The molecule has 3 aliphatic rings. The lowest BCUT2D eigenvalue weighted by molar-refractivity contribution is 0.191. The molecule has 5 rings (SSSR count). The van der Waals surface area contributed by atoms with Gasteiger partial charge in [-0.1, -0.05) is 76.2 Å². The third kappa shape index (κ3) is 4.27. The van der Waals surface area contributed by atoms with Crippen molar-refractivity contribution in [1.82, 2.24) is 9.21 Å². The van der Waals surface area contributed by atoms with Gasteiger partial charge in [0.2, 0.25) is 10.0 Å². The number of rotatable bonds is 4. The molecule has 1 aliphatic carbocycles. The summed E-state index contributed by atoms with van der Waals surface area (Å²) in [7, 11) is -3.40. The van der Waals surface area contributed by atoms with E-state index in [4.69, 9.17) is 0 Å². The zero-order chi connectivity index (χ0) is 23.5. The molecule has 5 heteroatoms. The quantitative estimate of drug-likeness (QED) is 0.591. The van der Waals surface area contributed by atoms with Crippen LogP contribution in [0.5, 0.6) is 0 Å². The van der Waals surface area contributed by atoms with Crippen LogP contribution in [0.2, 0.25) is 0 Å². The Labute approximate surface area is 195 Å². The first-order chi connectivity index (χ1) is 15.4. The number of hydrogen-bond acceptors (Lipinski definition) is 3. The first-order valence-electron chi connectivity index (χ1n) is 12.3. The molecular weight excluding hydrogens is 416 g/mol. The maximum Gasteiger partial charge on any atom is 0.244 e. The highest BCUT2D eigenvalue weighted by Crippen LogP contribution is 2.51. The number of benzene rings is 2.